The molecule has 0 aromatic rings. The molecule has 0 radical (unpaired) electrons. The van der Waals surface area contributed by atoms with Crippen LogP contribution in [0.5, 0.6) is 0 Å². The predicted molar refractivity (Wildman–Crippen MR) is 54.7 cm³/mol. The zero-order valence-electron chi connectivity index (χ0n) is 8.82. The first kappa shape index (κ1) is 10.4. The lowest BCUT2D eigenvalue weighted by atomic mass is 10.3. The summed E-state index contributed by atoms with van der Waals surface area (Å²) in [5, 5.41) is 0. The highest BCUT2D eigenvalue weighted by Gasteiger charge is 2.35. The molecule has 2 N–H and O–H groups in total. The van der Waals surface area contributed by atoms with Crippen molar-refractivity contribution < 1.29 is 9.59 Å². The maximum Gasteiger partial charge on any atom is 0.224 e. The van der Waals surface area contributed by atoms with E-state index < -0.39 is 0 Å². The van der Waals surface area contributed by atoms with Crippen molar-refractivity contribution in [2.24, 2.45) is 5.73 Å². The van der Waals surface area contributed by atoms with Gasteiger partial charge < -0.3 is 15.5 Å². The monoisotopic (exact) mass is 211 g/mol. The number of hydrogen-bond acceptors (Lipinski definition) is 3. The van der Waals surface area contributed by atoms with Gasteiger partial charge in [0.25, 0.3) is 0 Å². The average molecular weight is 211 g/mol. The number of likely N-dealkylation sites (tertiary alicyclic amines) is 2. The molecule has 0 aliphatic carbocycles. The molecule has 0 saturated carbocycles. The molecule has 84 valence electrons. The van der Waals surface area contributed by atoms with E-state index in [4.69, 9.17) is 5.73 Å². The van der Waals surface area contributed by atoms with Gasteiger partial charge in [-0.05, 0) is 12.8 Å². The van der Waals surface area contributed by atoms with Crippen LogP contribution in [0, 0.1) is 0 Å². The van der Waals surface area contributed by atoms with Gasteiger partial charge in [0, 0.05) is 32.5 Å². The Morgan fingerprint density at radius 3 is 1.80 bits per heavy atom. The van der Waals surface area contributed by atoms with E-state index in [-0.39, 0.29) is 18.0 Å². The van der Waals surface area contributed by atoms with Crippen molar-refractivity contribution in [1.29, 1.82) is 0 Å². The van der Waals surface area contributed by atoms with Crippen LogP contribution in [-0.2, 0) is 9.59 Å². The summed E-state index contributed by atoms with van der Waals surface area (Å²) in [6, 6.07) is 0. The Bertz CT molecular complexity index is 254. The maximum absolute atomic E-state index is 11.6. The first-order valence-electron chi connectivity index (χ1n) is 5.53. The third kappa shape index (κ3) is 1.84. The molecule has 0 spiro atoms. The molecule has 15 heavy (non-hydrogen) atoms. The molecular weight excluding hydrogens is 194 g/mol. The zero-order valence-corrected chi connectivity index (χ0v) is 8.82. The van der Waals surface area contributed by atoms with Gasteiger partial charge in [0.05, 0.1) is 0 Å². The first-order valence-corrected chi connectivity index (χ1v) is 5.53. The first-order chi connectivity index (χ1) is 7.24. The highest BCUT2D eigenvalue weighted by atomic mass is 16.2. The molecule has 5 heteroatoms. The molecule has 0 aromatic carbocycles. The summed E-state index contributed by atoms with van der Waals surface area (Å²) in [5.41, 5.74) is 5.67. The zero-order chi connectivity index (χ0) is 10.8. The Morgan fingerprint density at radius 1 is 1.07 bits per heavy atom. The number of carbonyl (C=O) groups is 2. The average Bonchev–Trinajstić information content (AvgIpc) is 2.80. The molecule has 0 aromatic heterocycles. The van der Waals surface area contributed by atoms with Crippen LogP contribution in [0.3, 0.4) is 0 Å². The fourth-order valence-corrected chi connectivity index (χ4v) is 2.39. The van der Waals surface area contributed by atoms with Gasteiger partial charge in [-0.1, -0.05) is 0 Å². The largest absolute Gasteiger partial charge is 0.327 e. The Morgan fingerprint density at radius 2 is 1.53 bits per heavy atom. The van der Waals surface area contributed by atoms with Gasteiger partial charge in [0.15, 0.2) is 0 Å². The number of carbonyl (C=O) groups excluding carboxylic acids is 2. The minimum atomic E-state index is -0.199. The van der Waals surface area contributed by atoms with E-state index in [1.54, 1.807) is 9.80 Å². The molecule has 2 saturated heterocycles. The standard InChI is InChI=1S/C10H17N3O2/c11-7-8(12-5-1-3-9(12)14)13-6-2-4-10(13)15/h8H,1-7,11H2. The summed E-state index contributed by atoms with van der Waals surface area (Å²) in [4.78, 5) is 26.6. The smallest absolute Gasteiger partial charge is 0.224 e. The predicted octanol–water partition coefficient (Wildman–Crippen LogP) is -0.484. The second-order valence-electron chi connectivity index (χ2n) is 4.10. The van der Waals surface area contributed by atoms with Gasteiger partial charge >= 0.3 is 0 Å². The molecule has 0 atom stereocenters. The maximum atomic E-state index is 11.6. The Hall–Kier alpha value is -1.10. The van der Waals surface area contributed by atoms with Crippen LogP contribution in [-0.4, -0.2) is 47.4 Å². The van der Waals surface area contributed by atoms with Crippen molar-refractivity contribution in [2.45, 2.75) is 31.8 Å². The van der Waals surface area contributed by atoms with Crippen LogP contribution in [0.2, 0.25) is 0 Å². The van der Waals surface area contributed by atoms with Crippen LogP contribution in [0.4, 0.5) is 0 Å². The minimum Gasteiger partial charge on any atom is -0.327 e. The Kier molecular flexibility index (Phi) is 2.90. The van der Waals surface area contributed by atoms with E-state index in [1.807, 2.05) is 0 Å². The second-order valence-corrected chi connectivity index (χ2v) is 4.10. The number of rotatable bonds is 3. The van der Waals surface area contributed by atoms with Crippen LogP contribution >= 0.6 is 0 Å². The molecule has 2 rings (SSSR count). The van der Waals surface area contributed by atoms with Crippen LogP contribution in [0.1, 0.15) is 25.7 Å². The second kappa shape index (κ2) is 4.18. The lowest BCUT2D eigenvalue weighted by Gasteiger charge is -2.34. The van der Waals surface area contributed by atoms with E-state index in [1.165, 1.54) is 0 Å². The minimum absolute atomic E-state index is 0.130. The summed E-state index contributed by atoms with van der Waals surface area (Å²) in [6.45, 7) is 1.83. The fraction of sp³-hybridized carbons (Fsp3) is 0.800. The number of nitrogens with two attached hydrogens (primary N) is 1. The Balaban J connectivity index is 2.09. The van der Waals surface area contributed by atoms with E-state index in [9.17, 15) is 9.59 Å². The van der Waals surface area contributed by atoms with E-state index in [2.05, 4.69) is 0 Å². The third-order valence-corrected chi connectivity index (χ3v) is 3.15. The van der Waals surface area contributed by atoms with Crippen LogP contribution in [0.15, 0.2) is 0 Å². The molecular formula is C10H17N3O2. The summed E-state index contributed by atoms with van der Waals surface area (Å²) < 4.78 is 0. The van der Waals surface area contributed by atoms with E-state index in [0.29, 0.717) is 19.4 Å². The molecule has 5 nitrogen and oxygen atoms in total. The topological polar surface area (TPSA) is 66.6 Å². The van der Waals surface area contributed by atoms with Crippen molar-refractivity contribution in [1.82, 2.24) is 9.80 Å². The Labute approximate surface area is 89.2 Å². The van der Waals surface area contributed by atoms with Gasteiger partial charge in [-0.2, -0.15) is 0 Å². The fourth-order valence-electron chi connectivity index (χ4n) is 2.39. The van der Waals surface area contributed by atoms with E-state index in [0.717, 1.165) is 25.9 Å². The van der Waals surface area contributed by atoms with Crippen molar-refractivity contribution in [2.75, 3.05) is 19.6 Å². The van der Waals surface area contributed by atoms with Crippen molar-refractivity contribution in [3.05, 3.63) is 0 Å². The lowest BCUT2D eigenvalue weighted by molar-refractivity contribution is -0.139. The van der Waals surface area contributed by atoms with Gasteiger partial charge in [0.2, 0.25) is 11.8 Å². The van der Waals surface area contributed by atoms with Gasteiger partial charge in [-0.3, -0.25) is 9.59 Å². The molecule has 2 aliphatic heterocycles. The molecule has 2 amide bonds. The van der Waals surface area contributed by atoms with Gasteiger partial charge in [-0.25, -0.2) is 0 Å². The van der Waals surface area contributed by atoms with Crippen molar-refractivity contribution in [3.63, 3.8) is 0 Å². The normalized spacial score (nSPS) is 22.3. The highest BCUT2D eigenvalue weighted by Crippen LogP contribution is 2.20. The quantitative estimate of drug-likeness (QED) is 0.685. The van der Waals surface area contributed by atoms with Gasteiger partial charge in [-0.15, -0.1) is 0 Å². The summed E-state index contributed by atoms with van der Waals surface area (Å²) in [7, 11) is 0. The van der Waals surface area contributed by atoms with Crippen molar-refractivity contribution in [3.8, 4) is 0 Å². The van der Waals surface area contributed by atoms with Crippen LogP contribution < -0.4 is 5.73 Å². The SMILES string of the molecule is NCC(N1CCCC1=O)N1CCCC1=O. The third-order valence-electron chi connectivity index (χ3n) is 3.15. The molecule has 2 heterocycles. The molecule has 0 bridgehead atoms. The number of nitrogens with zero attached hydrogens (tertiary/aromatic N) is 2. The van der Waals surface area contributed by atoms with Crippen LogP contribution in [0.25, 0.3) is 0 Å². The number of hydrogen-bond donors (Lipinski definition) is 1. The summed E-state index contributed by atoms with van der Waals surface area (Å²) >= 11 is 0. The molecule has 2 aliphatic rings. The lowest BCUT2D eigenvalue weighted by Crippen LogP contribution is -2.53. The summed E-state index contributed by atoms with van der Waals surface area (Å²) in [6.07, 6.45) is 2.77. The van der Waals surface area contributed by atoms with Crippen molar-refractivity contribution >= 4 is 11.8 Å². The molecule has 2 fully saturated rings. The van der Waals surface area contributed by atoms with E-state index >= 15 is 0 Å². The highest BCUT2D eigenvalue weighted by molar-refractivity contribution is 5.81. The van der Waals surface area contributed by atoms with Gasteiger partial charge in [0.1, 0.15) is 6.17 Å². The summed E-state index contributed by atoms with van der Waals surface area (Å²) in [5.74, 6) is 0.260. The number of amides is 2. The molecule has 0 unspecified atom stereocenters.